The molecule has 0 radical (unpaired) electrons. The normalized spacial score (nSPS) is 14.8. The Morgan fingerprint density at radius 3 is 1.04 bits per heavy atom. The molecule has 24 heavy (non-hydrogen) atoms. The van der Waals surface area contributed by atoms with E-state index in [1.165, 1.54) is 0 Å². The van der Waals surface area contributed by atoms with Gasteiger partial charge in [-0.1, -0.05) is 0 Å². The molecule has 0 amide bonds. The highest BCUT2D eigenvalue weighted by Gasteiger charge is 2.27. The molecule has 0 spiro atoms. The molecule has 0 aromatic carbocycles. The summed E-state index contributed by atoms with van der Waals surface area (Å²) in [4.78, 5) is 46.7. The van der Waals surface area contributed by atoms with Crippen molar-refractivity contribution in [2.45, 2.75) is 18.1 Å². The molecule has 12 nitrogen and oxygen atoms in total. The van der Waals surface area contributed by atoms with E-state index in [1.807, 2.05) is 0 Å². The third-order valence-corrected chi connectivity index (χ3v) is 2.90. The number of hydrogen-bond acceptors (Lipinski definition) is 12. The number of Topliss-reactive ketones (excluding diaryl/α,β-unsaturated/α-hetero) is 3. The van der Waals surface area contributed by atoms with Crippen LogP contribution in [0.2, 0.25) is 0 Å². The highest BCUT2D eigenvalue weighted by atomic mass is 16.3. The van der Waals surface area contributed by atoms with Gasteiger partial charge in [-0.3, -0.25) is 14.4 Å². The first kappa shape index (κ1) is 19.8. The maximum absolute atomic E-state index is 12.0. The Hall–Kier alpha value is -2.22. The molecule has 0 fully saturated rings. The van der Waals surface area contributed by atoms with E-state index in [0.717, 1.165) is 0 Å². The second-order valence-corrected chi connectivity index (χ2v) is 4.77. The zero-order chi connectivity index (χ0) is 18.4. The van der Waals surface area contributed by atoms with E-state index in [9.17, 15) is 14.4 Å². The van der Waals surface area contributed by atoms with Gasteiger partial charge in [0.05, 0.1) is 37.9 Å². The fraction of sp³-hybridized carbons (Fsp3) is 0.500. The molecule has 3 atom stereocenters. The predicted molar refractivity (Wildman–Crippen MR) is 78.0 cm³/mol. The number of rotatable bonds is 9. The van der Waals surface area contributed by atoms with Gasteiger partial charge in [0.1, 0.15) is 0 Å². The lowest BCUT2D eigenvalue weighted by Gasteiger charge is -2.11. The fourth-order valence-electron chi connectivity index (χ4n) is 1.45. The first-order chi connectivity index (χ1) is 11.3. The van der Waals surface area contributed by atoms with Gasteiger partial charge in [-0.05, 0) is 0 Å². The molecule has 0 aliphatic rings. The van der Waals surface area contributed by atoms with Crippen LogP contribution in [0, 0.1) is 0 Å². The first-order valence-electron chi connectivity index (χ1n) is 6.74. The van der Waals surface area contributed by atoms with Crippen LogP contribution in [-0.2, 0) is 0 Å². The van der Waals surface area contributed by atoms with E-state index < -0.39 is 72.8 Å². The van der Waals surface area contributed by atoms with Crippen molar-refractivity contribution in [1.82, 2.24) is 15.0 Å². The molecule has 3 unspecified atom stereocenters. The van der Waals surface area contributed by atoms with Crippen molar-refractivity contribution in [3.8, 4) is 0 Å². The molecule has 132 valence electrons. The predicted octanol–water partition coefficient (Wildman–Crippen LogP) is -4.62. The topological polar surface area (TPSA) is 229 Å². The molecule has 12 heteroatoms. The number of carbonyl (C=O) groups excluding carboxylic acids is 3. The third-order valence-electron chi connectivity index (χ3n) is 2.90. The van der Waals surface area contributed by atoms with Crippen LogP contribution in [0.4, 0.5) is 0 Å². The molecule has 0 aliphatic heterocycles. The molecule has 0 aliphatic carbocycles. The Bertz CT molecular complexity index is 540. The van der Waals surface area contributed by atoms with Crippen LogP contribution in [0.3, 0.4) is 0 Å². The van der Waals surface area contributed by atoms with Crippen molar-refractivity contribution >= 4 is 17.3 Å². The molecule has 1 heterocycles. The number of hydrogen-bond donors (Lipinski definition) is 6. The summed E-state index contributed by atoms with van der Waals surface area (Å²) in [5, 5.41) is 26.8. The third kappa shape index (κ3) is 4.41. The molecule has 1 rings (SSSR count). The second-order valence-electron chi connectivity index (χ2n) is 4.77. The quantitative estimate of drug-likeness (QED) is 0.233. The number of aromatic nitrogens is 3. The van der Waals surface area contributed by atoms with Crippen LogP contribution in [0.5, 0.6) is 0 Å². The lowest BCUT2D eigenvalue weighted by Crippen LogP contribution is -2.40. The minimum absolute atomic E-state index is 0.645. The Labute approximate surface area is 135 Å². The Morgan fingerprint density at radius 2 is 0.875 bits per heavy atom. The number of aliphatic hydroxyl groups excluding tert-OH is 3. The Morgan fingerprint density at radius 1 is 0.667 bits per heavy atom. The SMILES string of the molecule is NC(CO)C(=O)c1nc(C(=O)C(N)CO)nc(C(=O)C(N)CO)n1. The van der Waals surface area contributed by atoms with Crippen LogP contribution in [0.15, 0.2) is 0 Å². The van der Waals surface area contributed by atoms with E-state index in [2.05, 4.69) is 15.0 Å². The van der Waals surface area contributed by atoms with E-state index in [1.54, 1.807) is 0 Å². The summed E-state index contributed by atoms with van der Waals surface area (Å²) in [5.74, 6) is -4.77. The smallest absolute Gasteiger partial charge is 0.219 e. The van der Waals surface area contributed by atoms with Crippen LogP contribution in [0.1, 0.15) is 31.9 Å². The summed E-state index contributed by atoms with van der Waals surface area (Å²) in [7, 11) is 0. The van der Waals surface area contributed by atoms with Gasteiger partial charge in [0.15, 0.2) is 0 Å². The van der Waals surface area contributed by atoms with Crippen molar-refractivity contribution in [3.05, 3.63) is 17.5 Å². The summed E-state index contributed by atoms with van der Waals surface area (Å²) in [5.41, 5.74) is 16.1. The number of carbonyl (C=O) groups is 3. The van der Waals surface area contributed by atoms with Gasteiger partial charge in [0.2, 0.25) is 34.8 Å². The summed E-state index contributed by atoms with van der Waals surface area (Å²) >= 11 is 0. The Kier molecular flexibility index (Phi) is 7.09. The lowest BCUT2D eigenvalue weighted by atomic mass is 10.1. The van der Waals surface area contributed by atoms with Crippen LogP contribution in [-0.4, -0.2) is 85.6 Å². The van der Waals surface area contributed by atoms with Crippen LogP contribution < -0.4 is 17.2 Å². The number of nitrogens with zero attached hydrogens (tertiary/aromatic N) is 3. The molecule has 9 N–H and O–H groups in total. The van der Waals surface area contributed by atoms with Gasteiger partial charge >= 0.3 is 0 Å². The zero-order valence-electron chi connectivity index (χ0n) is 12.5. The van der Waals surface area contributed by atoms with Gasteiger partial charge < -0.3 is 32.5 Å². The minimum Gasteiger partial charge on any atom is -0.394 e. The van der Waals surface area contributed by atoms with Gasteiger partial charge in [-0.15, -0.1) is 0 Å². The summed E-state index contributed by atoms with van der Waals surface area (Å²) in [6, 6.07) is -4.14. The summed E-state index contributed by atoms with van der Waals surface area (Å²) < 4.78 is 0. The van der Waals surface area contributed by atoms with Crippen LogP contribution in [0.25, 0.3) is 0 Å². The largest absolute Gasteiger partial charge is 0.394 e. The highest BCUT2D eigenvalue weighted by molar-refractivity contribution is 6.03. The standard InChI is InChI=1S/C12H18N6O6/c13-4(1-19)7(22)10-16-11(8(23)5(14)2-20)18-12(17-10)9(24)6(15)3-21/h4-6,19-21H,1-3,13-15H2. The monoisotopic (exact) mass is 342 g/mol. The van der Waals surface area contributed by atoms with Crippen molar-refractivity contribution < 1.29 is 29.7 Å². The van der Waals surface area contributed by atoms with Gasteiger partial charge in [0, 0.05) is 0 Å². The average Bonchev–Trinajstić information content (AvgIpc) is 2.63. The first-order valence-corrected chi connectivity index (χ1v) is 6.74. The molecular formula is C12H18N6O6. The molecule has 0 bridgehead atoms. The van der Waals surface area contributed by atoms with E-state index in [4.69, 9.17) is 32.5 Å². The molecule has 0 saturated heterocycles. The molecule has 1 aromatic rings. The summed E-state index contributed by atoms with van der Waals surface area (Å²) in [6.07, 6.45) is 0. The fourth-order valence-corrected chi connectivity index (χ4v) is 1.45. The zero-order valence-corrected chi connectivity index (χ0v) is 12.5. The van der Waals surface area contributed by atoms with E-state index in [-0.39, 0.29) is 0 Å². The van der Waals surface area contributed by atoms with Crippen LogP contribution >= 0.6 is 0 Å². The van der Waals surface area contributed by atoms with E-state index >= 15 is 0 Å². The van der Waals surface area contributed by atoms with Gasteiger partial charge in [-0.2, -0.15) is 0 Å². The molecular weight excluding hydrogens is 324 g/mol. The van der Waals surface area contributed by atoms with Crippen molar-refractivity contribution in [2.75, 3.05) is 19.8 Å². The molecule has 0 saturated carbocycles. The number of aliphatic hydroxyl groups is 3. The highest BCUT2D eigenvalue weighted by Crippen LogP contribution is 2.05. The maximum atomic E-state index is 12.0. The number of nitrogens with two attached hydrogens (primary N) is 3. The van der Waals surface area contributed by atoms with E-state index in [0.29, 0.717) is 0 Å². The average molecular weight is 342 g/mol. The van der Waals surface area contributed by atoms with Gasteiger partial charge in [0.25, 0.3) is 0 Å². The maximum Gasteiger partial charge on any atom is 0.219 e. The minimum atomic E-state index is -1.38. The van der Waals surface area contributed by atoms with Crippen molar-refractivity contribution in [3.63, 3.8) is 0 Å². The summed E-state index contributed by atoms with van der Waals surface area (Å²) in [6.45, 7) is -2.16. The van der Waals surface area contributed by atoms with Crippen molar-refractivity contribution in [1.29, 1.82) is 0 Å². The Balaban J connectivity index is 3.42. The number of ketones is 3. The molecule has 1 aromatic heterocycles. The van der Waals surface area contributed by atoms with Crippen molar-refractivity contribution in [2.24, 2.45) is 17.2 Å². The van der Waals surface area contributed by atoms with Gasteiger partial charge in [-0.25, -0.2) is 15.0 Å². The lowest BCUT2D eigenvalue weighted by molar-refractivity contribution is 0.0901. The second kappa shape index (κ2) is 8.58.